The van der Waals surface area contributed by atoms with E-state index in [0.29, 0.717) is 23.3 Å². The summed E-state index contributed by atoms with van der Waals surface area (Å²) in [6.07, 6.45) is 21.8. The van der Waals surface area contributed by atoms with Crippen molar-refractivity contribution in [3.05, 3.63) is 420 Å². The molecule has 12 aromatic heterocycles. The first-order valence-corrected chi connectivity index (χ1v) is 42.2. The number of benzene rings is 10. The highest BCUT2D eigenvalue weighted by molar-refractivity contribution is 6.00. The van der Waals surface area contributed by atoms with Gasteiger partial charge >= 0.3 is 0 Å². The third-order valence-electron chi connectivity index (χ3n) is 20.7. The van der Waals surface area contributed by atoms with Gasteiger partial charge in [-0.2, -0.15) is 0 Å². The van der Waals surface area contributed by atoms with Gasteiger partial charge in [-0.15, -0.1) is 0 Å². The van der Waals surface area contributed by atoms with Crippen molar-refractivity contribution in [2.24, 2.45) is 0 Å². The van der Waals surface area contributed by atoms with Crippen molar-refractivity contribution in [2.75, 3.05) is 0 Å². The number of hydrogen-bond acceptors (Lipinski definition) is 15. The highest BCUT2D eigenvalue weighted by atomic mass is 15.0. The Labute approximate surface area is 739 Å². The van der Waals surface area contributed by atoms with Crippen LogP contribution >= 0.6 is 0 Å². The van der Waals surface area contributed by atoms with Crippen LogP contribution in [0.25, 0.3) is 201 Å². The van der Waals surface area contributed by atoms with Gasteiger partial charge in [-0.25, -0.2) is 29.9 Å². The molecule has 15 heteroatoms. The quantitative estimate of drug-likeness (QED) is 0.112. The molecule has 0 aliphatic rings. The minimum Gasteiger partial charge on any atom is -0.265 e. The van der Waals surface area contributed by atoms with Crippen LogP contribution < -0.4 is 0 Å². The van der Waals surface area contributed by atoms with Crippen molar-refractivity contribution in [1.29, 1.82) is 0 Å². The summed E-state index contributed by atoms with van der Waals surface area (Å²) in [7, 11) is 0. The number of hydrogen-bond donors (Lipinski definition) is 0. The van der Waals surface area contributed by atoms with E-state index in [2.05, 4.69) is 184 Å². The molecule has 0 aliphatic heterocycles. The maximum absolute atomic E-state index is 5.07. The third kappa shape index (κ3) is 19.6. The van der Waals surface area contributed by atoms with Gasteiger partial charge in [-0.1, -0.05) is 273 Å². The number of rotatable bonds is 12. The molecule has 0 fully saturated rings. The summed E-state index contributed by atoms with van der Waals surface area (Å²) in [4.78, 5) is 69.9. The summed E-state index contributed by atoms with van der Waals surface area (Å²) in [6, 6.07) is 117. The third-order valence-corrected chi connectivity index (χ3v) is 20.7. The lowest BCUT2D eigenvalue weighted by atomic mass is 9.94. The van der Waals surface area contributed by atoms with E-state index in [4.69, 9.17) is 29.9 Å². The fraction of sp³-hybridized carbons (Fsp3) is 0.0625. The standard InChI is InChI=1S/C29H19N3.C28H18N4.C27H17N5.C21H15N3.3C2H6.CH4/c1-2-8-20(9-3-1)26-18-23(24-14-4-10-21-12-6-16-30-28(21)24)19-27(32-26)25-15-5-11-22-13-7-17-31-29(22)25;1-2-8-19(9-3-1)24-18-25(22-14-4-10-20-12-6-16-29-26(20)22)32-28(31-24)23-15-5-11-21-13-7-17-30-27(21)23;1-2-8-20(9-3-1)25-30-26(21-14-4-10-18-12-6-16-28-23(18)21)32-27(31-25)22-15-5-11-19-13-7-17-29-24(19)22;1-2-18(15-24-7-1)21-13-19(16-3-8-22-9-4-16)12-20(14-21)17-5-10-23-11-6-17;3*1-2;/h1-19H;1-18H;1-17H;1-15H;3*1-2H3;1H4. The number of nitrogens with zero attached hydrogens (tertiary/aromatic N) is 15. The molecule has 0 spiro atoms. The Hall–Kier alpha value is -16.7. The van der Waals surface area contributed by atoms with Crippen LogP contribution in [0.4, 0.5) is 0 Å². The van der Waals surface area contributed by atoms with Crippen LogP contribution in [-0.2, 0) is 0 Å². The zero-order valence-corrected chi connectivity index (χ0v) is 70.5. The van der Waals surface area contributed by atoms with Gasteiger partial charge in [-0.05, 0) is 155 Å². The van der Waals surface area contributed by atoms with E-state index in [9.17, 15) is 0 Å². The molecule has 0 bridgehead atoms. The molecule has 127 heavy (non-hydrogen) atoms. The largest absolute Gasteiger partial charge is 0.265 e. The molecule has 0 radical (unpaired) electrons. The van der Waals surface area contributed by atoms with Crippen LogP contribution in [0.3, 0.4) is 0 Å². The van der Waals surface area contributed by atoms with Crippen LogP contribution in [0.15, 0.2) is 420 Å². The predicted molar refractivity (Wildman–Crippen MR) is 524 cm³/mol. The van der Waals surface area contributed by atoms with Crippen LogP contribution in [-0.4, -0.2) is 74.8 Å². The molecule has 15 nitrogen and oxygen atoms in total. The van der Waals surface area contributed by atoms with Crippen molar-refractivity contribution in [1.82, 2.24) is 74.8 Å². The van der Waals surface area contributed by atoms with Crippen LogP contribution in [0.1, 0.15) is 49.0 Å². The lowest BCUT2D eigenvalue weighted by molar-refractivity contribution is 1.08. The lowest BCUT2D eigenvalue weighted by Crippen LogP contribution is -2.01. The second-order valence-electron chi connectivity index (χ2n) is 28.3. The van der Waals surface area contributed by atoms with E-state index >= 15 is 0 Å². The van der Waals surface area contributed by atoms with Gasteiger partial charge in [0.25, 0.3) is 0 Å². The monoisotopic (exact) mass is 1650 g/mol. The van der Waals surface area contributed by atoms with E-state index in [1.54, 1.807) is 18.6 Å². The zero-order chi connectivity index (χ0) is 86.2. The number of aromatic nitrogens is 15. The molecule has 0 atom stereocenters. The topological polar surface area (TPSA) is 193 Å². The van der Waals surface area contributed by atoms with E-state index < -0.39 is 0 Å². The molecule has 0 saturated carbocycles. The summed E-state index contributed by atoms with van der Waals surface area (Å²) >= 11 is 0. The van der Waals surface area contributed by atoms with E-state index in [1.807, 2.05) is 304 Å². The number of fused-ring (bicyclic) bond motifs is 6. The average Bonchev–Trinajstić information content (AvgIpc) is 0.777. The van der Waals surface area contributed by atoms with Gasteiger partial charge in [0.15, 0.2) is 23.3 Å². The summed E-state index contributed by atoms with van der Waals surface area (Å²) in [5, 5.41) is 6.45. The Bertz CT molecular complexity index is 6380. The Morgan fingerprint density at radius 2 is 0.441 bits per heavy atom. The summed E-state index contributed by atoms with van der Waals surface area (Å²) < 4.78 is 0. The molecule has 614 valence electrons. The van der Waals surface area contributed by atoms with Crippen LogP contribution in [0, 0.1) is 0 Å². The van der Waals surface area contributed by atoms with Gasteiger partial charge in [0, 0.05) is 162 Å². The smallest absolute Gasteiger partial charge is 0.166 e. The Kier molecular flexibility index (Phi) is 28.1. The Morgan fingerprint density at radius 3 is 0.827 bits per heavy atom. The molecule has 0 amide bonds. The van der Waals surface area contributed by atoms with Gasteiger partial charge < -0.3 is 0 Å². The van der Waals surface area contributed by atoms with Gasteiger partial charge in [0.2, 0.25) is 0 Å². The highest BCUT2D eigenvalue weighted by Crippen LogP contribution is 2.39. The zero-order valence-electron chi connectivity index (χ0n) is 70.5. The summed E-state index contributed by atoms with van der Waals surface area (Å²) in [6.45, 7) is 12.0. The Morgan fingerprint density at radius 1 is 0.157 bits per heavy atom. The second-order valence-corrected chi connectivity index (χ2v) is 28.3. The minimum absolute atomic E-state index is 0. The van der Waals surface area contributed by atoms with Crippen LogP contribution in [0.2, 0.25) is 0 Å². The molecule has 22 rings (SSSR count). The lowest BCUT2D eigenvalue weighted by Gasteiger charge is -2.12. The van der Waals surface area contributed by atoms with Crippen molar-refractivity contribution >= 4 is 65.4 Å². The van der Waals surface area contributed by atoms with E-state index in [-0.39, 0.29) is 7.43 Å². The highest BCUT2D eigenvalue weighted by Gasteiger charge is 2.20. The fourth-order valence-corrected chi connectivity index (χ4v) is 14.9. The molecule has 0 saturated heterocycles. The van der Waals surface area contributed by atoms with E-state index in [1.165, 1.54) is 0 Å². The van der Waals surface area contributed by atoms with Crippen LogP contribution in [0.5, 0.6) is 0 Å². The SMILES string of the molecule is C.CC.CC.CC.c1ccc(-c2cc(-c3cccc4cccnc34)cc(-c3cccc4cccnc34)n2)cc1.c1ccc(-c2cc(-c3cccc4cccnc34)nc(-c3cccc4cccnc34)n2)cc1.c1ccc(-c2nc(-c3cccc4cccnc34)nc(-c3cccc4cccnc34)n2)cc1.c1cncc(-c2cc(-c3ccncc3)cc(-c3ccncc3)c2)c1. The first-order valence-electron chi connectivity index (χ1n) is 42.2. The van der Waals surface area contributed by atoms with Gasteiger partial charge in [-0.3, -0.25) is 44.9 Å². The molecule has 0 unspecified atom stereocenters. The molecule has 0 N–H and O–H groups in total. The minimum atomic E-state index is 0. The molecule has 22 aromatic rings. The van der Waals surface area contributed by atoms with Crippen molar-refractivity contribution in [3.63, 3.8) is 0 Å². The van der Waals surface area contributed by atoms with Gasteiger partial charge in [0.1, 0.15) is 0 Å². The van der Waals surface area contributed by atoms with Gasteiger partial charge in [0.05, 0.1) is 55.9 Å². The Balaban J connectivity index is 0.000000128. The summed E-state index contributed by atoms with van der Waals surface area (Å²) in [5.74, 6) is 2.45. The normalized spacial score (nSPS) is 10.5. The molecule has 12 heterocycles. The molecular formula is C112H91N15. The molecule has 10 aromatic carbocycles. The first-order chi connectivity index (χ1) is 62.5. The second kappa shape index (κ2) is 41.8. The maximum Gasteiger partial charge on any atom is 0.166 e. The fourth-order valence-electron chi connectivity index (χ4n) is 14.9. The summed E-state index contributed by atoms with van der Waals surface area (Å²) in [5.41, 5.74) is 25.8. The number of para-hydroxylation sites is 6. The number of pyridine rings is 10. The van der Waals surface area contributed by atoms with Crippen molar-refractivity contribution in [3.8, 4) is 135 Å². The average molecular weight is 1650 g/mol. The molecular weight excluding hydrogens is 1560 g/mol. The molecule has 0 aliphatic carbocycles. The van der Waals surface area contributed by atoms with Crippen molar-refractivity contribution in [2.45, 2.75) is 49.0 Å². The maximum atomic E-state index is 5.07. The van der Waals surface area contributed by atoms with E-state index in [0.717, 1.165) is 177 Å². The predicted octanol–water partition coefficient (Wildman–Crippen LogP) is 28.3. The first kappa shape index (κ1) is 85.3. The van der Waals surface area contributed by atoms with Crippen molar-refractivity contribution < 1.29 is 0 Å².